The highest BCUT2D eigenvalue weighted by Gasteiger charge is 2.18. The molecule has 2 N–H and O–H groups in total. The van der Waals surface area contributed by atoms with Crippen LogP contribution in [-0.2, 0) is 16.1 Å². The Labute approximate surface area is 141 Å². The number of amides is 1. The maximum atomic E-state index is 12.2. The lowest BCUT2D eigenvalue weighted by molar-refractivity contribution is -0.129. The predicted molar refractivity (Wildman–Crippen MR) is 92.7 cm³/mol. The Morgan fingerprint density at radius 3 is 2.50 bits per heavy atom. The molecule has 5 nitrogen and oxygen atoms in total. The molecule has 0 spiro atoms. The van der Waals surface area contributed by atoms with Crippen molar-refractivity contribution in [2.75, 3.05) is 31.2 Å². The van der Waals surface area contributed by atoms with Crippen LogP contribution < -0.4 is 10.2 Å². The number of benzene rings is 2. The average molecular weight is 326 g/mol. The van der Waals surface area contributed by atoms with Gasteiger partial charge >= 0.3 is 0 Å². The first kappa shape index (κ1) is 16.5. The van der Waals surface area contributed by atoms with Crippen molar-refractivity contribution >= 4 is 11.6 Å². The zero-order chi connectivity index (χ0) is 16.8. The molecule has 0 saturated carbocycles. The maximum absolute atomic E-state index is 12.2. The third kappa shape index (κ3) is 3.93. The number of para-hydroxylation sites is 1. The van der Waals surface area contributed by atoms with Gasteiger partial charge in [-0.3, -0.25) is 4.79 Å². The summed E-state index contributed by atoms with van der Waals surface area (Å²) < 4.78 is 5.40. The van der Waals surface area contributed by atoms with E-state index in [0.717, 1.165) is 24.3 Å². The van der Waals surface area contributed by atoms with E-state index in [9.17, 15) is 9.90 Å². The van der Waals surface area contributed by atoms with Crippen molar-refractivity contribution in [2.45, 2.75) is 12.6 Å². The molecule has 1 amide bonds. The van der Waals surface area contributed by atoms with Crippen molar-refractivity contribution in [3.05, 3.63) is 65.7 Å². The standard InChI is InChI=1S/C19H22N2O3/c22-18(15-6-2-1-3-7-15)19(23)20-14-16-8-4-5-9-17(16)21-10-12-24-13-11-21/h1-9,18,22H,10-14H2,(H,20,23). The van der Waals surface area contributed by atoms with Gasteiger partial charge in [-0.05, 0) is 17.2 Å². The minimum absolute atomic E-state index is 0.385. The minimum Gasteiger partial charge on any atom is -0.378 e. The van der Waals surface area contributed by atoms with Gasteiger partial charge in [0.05, 0.1) is 13.2 Å². The van der Waals surface area contributed by atoms with Gasteiger partial charge in [0.15, 0.2) is 6.10 Å². The van der Waals surface area contributed by atoms with E-state index in [0.29, 0.717) is 25.3 Å². The van der Waals surface area contributed by atoms with Crippen LogP contribution in [0.5, 0.6) is 0 Å². The number of morpholine rings is 1. The van der Waals surface area contributed by atoms with Crippen LogP contribution in [0, 0.1) is 0 Å². The Morgan fingerprint density at radius 1 is 1.08 bits per heavy atom. The van der Waals surface area contributed by atoms with Crippen LogP contribution in [0.2, 0.25) is 0 Å². The zero-order valence-corrected chi connectivity index (χ0v) is 13.5. The molecule has 1 saturated heterocycles. The number of nitrogens with one attached hydrogen (secondary N) is 1. The van der Waals surface area contributed by atoms with Gasteiger partial charge in [-0.25, -0.2) is 0 Å². The second-order valence-corrected chi connectivity index (χ2v) is 5.76. The highest BCUT2D eigenvalue weighted by Crippen LogP contribution is 2.21. The summed E-state index contributed by atoms with van der Waals surface area (Å²) in [5.41, 5.74) is 2.74. The van der Waals surface area contributed by atoms with Gasteiger partial charge in [-0.1, -0.05) is 48.5 Å². The van der Waals surface area contributed by atoms with Crippen molar-refractivity contribution in [3.8, 4) is 0 Å². The molecule has 1 aliphatic rings. The lowest BCUT2D eigenvalue weighted by atomic mass is 10.1. The summed E-state index contributed by atoms with van der Waals surface area (Å²) in [5.74, 6) is -0.391. The Morgan fingerprint density at radius 2 is 1.75 bits per heavy atom. The van der Waals surface area contributed by atoms with E-state index >= 15 is 0 Å². The molecule has 2 aromatic rings. The van der Waals surface area contributed by atoms with Crippen LogP contribution in [0.3, 0.4) is 0 Å². The summed E-state index contributed by atoms with van der Waals surface area (Å²) in [5, 5.41) is 13.0. The third-order valence-corrected chi connectivity index (χ3v) is 4.16. The van der Waals surface area contributed by atoms with E-state index in [1.54, 1.807) is 24.3 Å². The Kier molecular flexibility index (Phi) is 5.46. The molecule has 0 radical (unpaired) electrons. The van der Waals surface area contributed by atoms with Crippen molar-refractivity contribution in [3.63, 3.8) is 0 Å². The fraction of sp³-hybridized carbons (Fsp3) is 0.316. The molecule has 0 bridgehead atoms. The van der Waals surface area contributed by atoms with E-state index < -0.39 is 12.0 Å². The molecule has 1 atom stereocenters. The lowest BCUT2D eigenvalue weighted by Gasteiger charge is -2.30. The van der Waals surface area contributed by atoms with Crippen molar-refractivity contribution in [2.24, 2.45) is 0 Å². The Hall–Kier alpha value is -2.37. The molecule has 2 aromatic carbocycles. The van der Waals surface area contributed by atoms with Gasteiger partial charge in [-0.2, -0.15) is 0 Å². The number of aliphatic hydroxyl groups is 1. The molecule has 1 heterocycles. The highest BCUT2D eigenvalue weighted by atomic mass is 16.5. The van der Waals surface area contributed by atoms with E-state index in [-0.39, 0.29) is 0 Å². The van der Waals surface area contributed by atoms with Gasteiger partial charge in [0.1, 0.15) is 0 Å². The second kappa shape index (κ2) is 7.95. The summed E-state index contributed by atoms with van der Waals surface area (Å²) in [6.45, 7) is 3.51. The largest absolute Gasteiger partial charge is 0.378 e. The molecule has 1 fully saturated rings. The normalized spacial score (nSPS) is 15.8. The van der Waals surface area contributed by atoms with Gasteiger partial charge in [0.2, 0.25) is 0 Å². The monoisotopic (exact) mass is 326 g/mol. The molecule has 1 aliphatic heterocycles. The van der Waals surface area contributed by atoms with Gasteiger partial charge < -0.3 is 20.1 Å². The predicted octanol–water partition coefficient (Wildman–Crippen LogP) is 1.87. The zero-order valence-electron chi connectivity index (χ0n) is 13.5. The minimum atomic E-state index is -1.15. The van der Waals surface area contributed by atoms with Gasteiger partial charge in [0, 0.05) is 25.3 Å². The number of rotatable bonds is 5. The van der Waals surface area contributed by atoms with Crippen LogP contribution in [0.25, 0.3) is 0 Å². The fourth-order valence-electron chi connectivity index (χ4n) is 2.84. The number of nitrogens with zero attached hydrogens (tertiary/aromatic N) is 1. The number of ether oxygens (including phenoxy) is 1. The number of carbonyl (C=O) groups is 1. The number of aliphatic hydroxyl groups excluding tert-OH is 1. The molecule has 0 aliphatic carbocycles. The van der Waals surface area contributed by atoms with Gasteiger partial charge in [-0.15, -0.1) is 0 Å². The lowest BCUT2D eigenvalue weighted by Crippen LogP contribution is -2.37. The number of anilines is 1. The molecule has 126 valence electrons. The van der Waals surface area contributed by atoms with Crippen molar-refractivity contribution < 1.29 is 14.6 Å². The molecular weight excluding hydrogens is 304 g/mol. The van der Waals surface area contributed by atoms with Crippen molar-refractivity contribution in [1.29, 1.82) is 0 Å². The molecule has 5 heteroatoms. The molecule has 24 heavy (non-hydrogen) atoms. The number of carbonyl (C=O) groups excluding carboxylic acids is 1. The summed E-state index contributed by atoms with van der Waals surface area (Å²) >= 11 is 0. The molecule has 3 rings (SSSR count). The fourth-order valence-corrected chi connectivity index (χ4v) is 2.84. The van der Waals surface area contributed by atoms with E-state index in [4.69, 9.17) is 4.74 Å². The first-order chi connectivity index (χ1) is 11.8. The Balaban J connectivity index is 1.65. The van der Waals surface area contributed by atoms with Crippen LogP contribution in [0.1, 0.15) is 17.2 Å². The molecule has 1 unspecified atom stereocenters. The Bertz CT molecular complexity index is 669. The molecular formula is C19H22N2O3. The van der Waals surface area contributed by atoms with Crippen LogP contribution in [0.15, 0.2) is 54.6 Å². The van der Waals surface area contributed by atoms with Crippen LogP contribution >= 0.6 is 0 Å². The number of hydrogen-bond donors (Lipinski definition) is 2. The van der Waals surface area contributed by atoms with Crippen molar-refractivity contribution in [1.82, 2.24) is 5.32 Å². The quantitative estimate of drug-likeness (QED) is 0.881. The third-order valence-electron chi connectivity index (χ3n) is 4.16. The topological polar surface area (TPSA) is 61.8 Å². The van der Waals surface area contributed by atoms with Crippen LogP contribution in [0.4, 0.5) is 5.69 Å². The second-order valence-electron chi connectivity index (χ2n) is 5.76. The average Bonchev–Trinajstić information content (AvgIpc) is 2.67. The van der Waals surface area contributed by atoms with Gasteiger partial charge in [0.25, 0.3) is 5.91 Å². The maximum Gasteiger partial charge on any atom is 0.253 e. The summed E-state index contributed by atoms with van der Waals surface area (Å²) in [4.78, 5) is 14.5. The highest BCUT2D eigenvalue weighted by molar-refractivity contribution is 5.82. The summed E-state index contributed by atoms with van der Waals surface area (Å²) in [7, 11) is 0. The van der Waals surface area contributed by atoms with E-state index in [2.05, 4.69) is 16.3 Å². The van der Waals surface area contributed by atoms with E-state index in [1.807, 2.05) is 24.3 Å². The summed E-state index contributed by atoms with van der Waals surface area (Å²) in [6.07, 6.45) is -1.15. The first-order valence-corrected chi connectivity index (χ1v) is 8.17. The number of hydrogen-bond acceptors (Lipinski definition) is 4. The summed E-state index contributed by atoms with van der Waals surface area (Å²) in [6, 6.07) is 17.0. The van der Waals surface area contributed by atoms with E-state index in [1.165, 1.54) is 0 Å². The first-order valence-electron chi connectivity index (χ1n) is 8.17. The molecule has 0 aromatic heterocycles. The SMILES string of the molecule is O=C(NCc1ccccc1N1CCOCC1)C(O)c1ccccc1. The smallest absolute Gasteiger partial charge is 0.253 e. The van der Waals surface area contributed by atoms with Crippen LogP contribution in [-0.4, -0.2) is 37.3 Å².